The largest absolute Gasteiger partial charge is 0.481 e. The fourth-order valence-corrected chi connectivity index (χ4v) is 4.82. The molecule has 0 aliphatic carbocycles. The molecule has 0 aromatic heterocycles. The molecule has 0 bridgehead atoms. The fourth-order valence-electron chi connectivity index (χ4n) is 3.12. The van der Waals surface area contributed by atoms with Crippen LogP contribution >= 0.6 is 7.52 Å². The Hall–Kier alpha value is -2.30. The number of carbonyl (C=O) groups excluding carboxylic acids is 1. The van der Waals surface area contributed by atoms with Gasteiger partial charge in [-0.15, -0.1) is 0 Å². The van der Waals surface area contributed by atoms with E-state index in [9.17, 15) is 9.36 Å². The summed E-state index contributed by atoms with van der Waals surface area (Å²) in [6.45, 7) is 11.8. The second-order valence-corrected chi connectivity index (χ2v) is 10.1. The van der Waals surface area contributed by atoms with Crippen LogP contribution < -0.4 is 14.3 Å². The van der Waals surface area contributed by atoms with Gasteiger partial charge >= 0.3 is 13.5 Å². The number of benzene rings is 2. The van der Waals surface area contributed by atoms with Crippen LogP contribution in [0.1, 0.15) is 64.5 Å². The average Bonchev–Trinajstić information content (AvgIpc) is 2.73. The number of nitrogens with one attached hydrogen (secondary N) is 1. The van der Waals surface area contributed by atoms with Gasteiger partial charge in [-0.3, -0.25) is 9.36 Å². The van der Waals surface area contributed by atoms with Gasteiger partial charge in [-0.25, -0.2) is 5.09 Å². The summed E-state index contributed by atoms with van der Waals surface area (Å²) in [5.74, 6) is 0.987. The lowest BCUT2D eigenvalue weighted by Gasteiger charge is -2.27. The zero-order valence-electron chi connectivity index (χ0n) is 19.3. The highest BCUT2D eigenvalue weighted by Gasteiger charge is 2.33. The van der Waals surface area contributed by atoms with Crippen LogP contribution in [0.3, 0.4) is 0 Å². The highest BCUT2D eigenvalue weighted by atomic mass is 31.2. The maximum absolute atomic E-state index is 14.0. The van der Waals surface area contributed by atoms with Gasteiger partial charge in [0.05, 0.1) is 6.61 Å². The third-order valence-corrected chi connectivity index (χ3v) is 6.46. The second kappa shape index (κ2) is 11.4. The summed E-state index contributed by atoms with van der Waals surface area (Å²) < 4.78 is 31.0. The van der Waals surface area contributed by atoms with Gasteiger partial charge in [0.25, 0.3) is 0 Å². The molecule has 0 saturated heterocycles. The number of hydrogen-bond donors (Lipinski definition) is 1. The zero-order valence-corrected chi connectivity index (χ0v) is 20.1. The molecule has 2 aromatic rings. The topological polar surface area (TPSA) is 73.9 Å². The lowest BCUT2D eigenvalue weighted by molar-refractivity contribution is -0.144. The summed E-state index contributed by atoms with van der Waals surface area (Å²) >= 11 is 0. The third-order valence-electron chi connectivity index (χ3n) is 4.73. The SMILES string of the molecule is CCOC(=O)C(C)NP(=O)(COc1ccccc1)Oc1c(C(C)C)cccc1C(C)C. The molecule has 2 unspecified atom stereocenters. The Morgan fingerprint density at radius 3 is 2.03 bits per heavy atom. The number of rotatable bonds is 11. The summed E-state index contributed by atoms with van der Waals surface area (Å²) in [7, 11) is -3.65. The molecule has 0 spiro atoms. The molecule has 2 atom stereocenters. The van der Waals surface area contributed by atoms with Gasteiger partial charge < -0.3 is 14.0 Å². The van der Waals surface area contributed by atoms with E-state index in [1.54, 1.807) is 26.0 Å². The van der Waals surface area contributed by atoms with Crippen molar-refractivity contribution >= 4 is 13.5 Å². The van der Waals surface area contributed by atoms with Crippen LogP contribution in [0.5, 0.6) is 11.5 Å². The third kappa shape index (κ3) is 7.12. The Kier molecular flexibility index (Phi) is 9.15. The Labute approximate surface area is 185 Å². The minimum atomic E-state index is -3.65. The van der Waals surface area contributed by atoms with Crippen molar-refractivity contribution in [2.75, 3.05) is 13.0 Å². The lowest BCUT2D eigenvalue weighted by Crippen LogP contribution is -2.36. The minimum Gasteiger partial charge on any atom is -0.481 e. The molecule has 0 aliphatic heterocycles. The molecular weight excluding hydrogens is 413 g/mol. The van der Waals surface area contributed by atoms with Crippen LogP contribution in [0.15, 0.2) is 48.5 Å². The van der Waals surface area contributed by atoms with Crippen LogP contribution in [0.25, 0.3) is 0 Å². The average molecular weight is 448 g/mol. The first-order valence-electron chi connectivity index (χ1n) is 10.7. The lowest BCUT2D eigenvalue weighted by atomic mass is 9.94. The van der Waals surface area contributed by atoms with Crippen LogP contribution in [0, 0.1) is 0 Å². The highest BCUT2D eigenvalue weighted by molar-refractivity contribution is 7.57. The maximum atomic E-state index is 14.0. The number of carbonyl (C=O) groups is 1. The Balaban J connectivity index is 2.40. The van der Waals surface area contributed by atoms with Crippen molar-refractivity contribution in [2.45, 2.75) is 59.4 Å². The minimum absolute atomic E-state index is 0.166. The summed E-state index contributed by atoms with van der Waals surface area (Å²) in [6, 6.07) is 14.2. The summed E-state index contributed by atoms with van der Waals surface area (Å²) in [5.41, 5.74) is 1.91. The molecule has 0 radical (unpaired) electrons. The van der Waals surface area contributed by atoms with Crippen molar-refractivity contribution in [3.05, 3.63) is 59.7 Å². The van der Waals surface area contributed by atoms with Crippen LogP contribution in [-0.2, 0) is 14.1 Å². The van der Waals surface area contributed by atoms with Gasteiger partial charge in [0.15, 0.2) is 6.35 Å². The molecule has 2 aromatic carbocycles. The van der Waals surface area contributed by atoms with E-state index < -0.39 is 19.5 Å². The van der Waals surface area contributed by atoms with E-state index >= 15 is 0 Å². The van der Waals surface area contributed by atoms with E-state index in [0.717, 1.165) is 11.1 Å². The molecule has 1 N–H and O–H groups in total. The van der Waals surface area contributed by atoms with Crippen molar-refractivity contribution < 1.29 is 23.4 Å². The van der Waals surface area contributed by atoms with E-state index in [1.165, 1.54) is 0 Å². The van der Waals surface area contributed by atoms with E-state index in [0.29, 0.717) is 11.5 Å². The smallest absolute Gasteiger partial charge is 0.354 e. The quantitative estimate of drug-likeness (QED) is 0.332. The molecule has 0 amide bonds. The molecule has 7 heteroatoms. The van der Waals surface area contributed by atoms with Crippen molar-refractivity contribution in [1.82, 2.24) is 5.09 Å². The maximum Gasteiger partial charge on any atom is 0.354 e. The van der Waals surface area contributed by atoms with Crippen molar-refractivity contribution in [2.24, 2.45) is 0 Å². The first-order valence-corrected chi connectivity index (χ1v) is 12.5. The first-order chi connectivity index (χ1) is 14.7. The second-order valence-electron chi connectivity index (χ2n) is 8.03. The van der Waals surface area contributed by atoms with Gasteiger partial charge in [-0.05, 0) is 48.9 Å². The molecule has 2 rings (SSSR count). The van der Waals surface area contributed by atoms with Gasteiger partial charge in [-0.1, -0.05) is 64.1 Å². The van der Waals surface area contributed by atoms with E-state index in [4.69, 9.17) is 14.0 Å². The van der Waals surface area contributed by atoms with Gasteiger partial charge in [0.2, 0.25) is 0 Å². The predicted octanol–water partition coefficient (Wildman–Crippen LogP) is 6.08. The summed E-state index contributed by atoms with van der Waals surface area (Å²) in [4.78, 5) is 12.2. The standard InChI is InChI=1S/C24H34NO5P/c1-7-28-24(26)19(6)25-31(27,16-29-20-12-9-8-10-13-20)30-23-21(17(2)3)14-11-15-22(23)18(4)5/h8-15,17-19H,7,16H2,1-6H3,(H,25,27). The Bertz CT molecular complexity index is 872. The van der Waals surface area contributed by atoms with Crippen LogP contribution in [-0.4, -0.2) is 25.0 Å². The highest BCUT2D eigenvalue weighted by Crippen LogP contribution is 2.48. The number of ether oxygens (including phenoxy) is 2. The van der Waals surface area contributed by atoms with Crippen molar-refractivity contribution in [3.8, 4) is 11.5 Å². The fraction of sp³-hybridized carbons (Fsp3) is 0.458. The van der Waals surface area contributed by atoms with Gasteiger partial charge in [0.1, 0.15) is 17.5 Å². The van der Waals surface area contributed by atoms with Gasteiger partial charge in [-0.2, -0.15) is 0 Å². The monoisotopic (exact) mass is 447 g/mol. The summed E-state index contributed by atoms with van der Waals surface area (Å²) in [6.07, 6.45) is -0.231. The molecular formula is C24H34NO5P. The Morgan fingerprint density at radius 2 is 1.52 bits per heavy atom. The molecule has 0 aliphatic rings. The number of esters is 1. The van der Waals surface area contributed by atoms with Gasteiger partial charge in [0, 0.05) is 0 Å². The molecule has 0 heterocycles. The molecule has 0 saturated carbocycles. The molecule has 31 heavy (non-hydrogen) atoms. The van der Waals surface area contributed by atoms with Crippen molar-refractivity contribution in [1.29, 1.82) is 0 Å². The van der Waals surface area contributed by atoms with E-state index in [-0.39, 0.29) is 24.8 Å². The molecule has 6 nitrogen and oxygen atoms in total. The van der Waals surface area contributed by atoms with E-state index in [1.807, 2.05) is 36.4 Å². The van der Waals surface area contributed by atoms with Crippen LogP contribution in [0.4, 0.5) is 0 Å². The number of hydrogen-bond acceptors (Lipinski definition) is 5. The predicted molar refractivity (Wildman–Crippen MR) is 124 cm³/mol. The zero-order chi connectivity index (χ0) is 23.0. The molecule has 0 fully saturated rings. The summed E-state index contributed by atoms with van der Waals surface area (Å²) in [5, 5.41) is 2.86. The van der Waals surface area contributed by atoms with Crippen molar-refractivity contribution in [3.63, 3.8) is 0 Å². The Morgan fingerprint density at radius 1 is 0.935 bits per heavy atom. The number of para-hydroxylation sites is 2. The van der Waals surface area contributed by atoms with E-state index in [2.05, 4.69) is 32.8 Å². The molecule has 170 valence electrons. The van der Waals surface area contributed by atoms with Crippen LogP contribution in [0.2, 0.25) is 0 Å². The first kappa shape index (κ1) is 25.0. The normalized spacial score (nSPS) is 14.2.